The molecule has 8 nitrogen and oxygen atoms in total. The number of nitrogens with zero attached hydrogens (tertiary/aromatic N) is 2. The van der Waals surface area contributed by atoms with Crippen molar-refractivity contribution in [2.75, 3.05) is 11.9 Å². The summed E-state index contributed by atoms with van der Waals surface area (Å²) in [6.45, 7) is -0.322. The van der Waals surface area contributed by atoms with Crippen LogP contribution in [0.4, 0.5) is 24.7 Å². The van der Waals surface area contributed by atoms with Crippen LogP contribution in [0.1, 0.15) is 11.3 Å². The minimum Gasteiger partial charge on any atom is -0.400 e. The minimum atomic E-state index is -4.48. The van der Waals surface area contributed by atoms with Gasteiger partial charge in [0.05, 0.1) is 24.4 Å². The van der Waals surface area contributed by atoms with Crippen molar-refractivity contribution in [3.8, 4) is 0 Å². The number of hydrogen-bond acceptors (Lipinski definition) is 6. The Balaban J connectivity index is 1.84. The third kappa shape index (κ3) is 5.34. The van der Waals surface area contributed by atoms with Crippen molar-refractivity contribution in [2.45, 2.75) is 6.18 Å². The van der Waals surface area contributed by atoms with Crippen LogP contribution in [0, 0.1) is 10.1 Å². The van der Waals surface area contributed by atoms with E-state index in [2.05, 4.69) is 15.8 Å². The first-order chi connectivity index (χ1) is 11.8. The van der Waals surface area contributed by atoms with E-state index in [0.29, 0.717) is 0 Å². The first-order valence-corrected chi connectivity index (χ1v) is 6.73. The Labute approximate surface area is 138 Å². The van der Waals surface area contributed by atoms with Crippen LogP contribution >= 0.6 is 0 Å². The first-order valence-electron chi connectivity index (χ1n) is 6.73. The van der Waals surface area contributed by atoms with Crippen LogP contribution in [0.15, 0.2) is 45.9 Å². The number of nitro groups is 1. The number of anilines is 1. The van der Waals surface area contributed by atoms with Gasteiger partial charge in [0.1, 0.15) is 4.92 Å². The molecule has 1 amide bonds. The highest BCUT2D eigenvalue weighted by Gasteiger charge is 2.30. The topological polar surface area (TPSA) is 110 Å². The summed E-state index contributed by atoms with van der Waals surface area (Å²) >= 11 is 0. The molecule has 1 aromatic heterocycles. The van der Waals surface area contributed by atoms with Gasteiger partial charge in [-0.1, -0.05) is 6.07 Å². The maximum atomic E-state index is 12.6. The number of hydrazone groups is 1. The Bertz CT molecular complexity index is 801. The molecule has 0 bridgehead atoms. The van der Waals surface area contributed by atoms with Crippen LogP contribution < -0.4 is 10.7 Å². The zero-order chi connectivity index (χ0) is 18.4. The molecule has 0 saturated heterocycles. The van der Waals surface area contributed by atoms with Gasteiger partial charge in [-0.05, 0) is 24.3 Å². The maximum Gasteiger partial charge on any atom is 0.433 e. The fraction of sp³-hybridized carbons (Fsp3) is 0.143. The monoisotopic (exact) mass is 356 g/mol. The fourth-order valence-electron chi connectivity index (χ4n) is 1.70. The molecule has 25 heavy (non-hydrogen) atoms. The predicted octanol–water partition coefficient (Wildman–Crippen LogP) is 2.77. The number of alkyl halides is 3. The van der Waals surface area contributed by atoms with Crippen LogP contribution in [0.25, 0.3) is 0 Å². The van der Waals surface area contributed by atoms with E-state index >= 15 is 0 Å². The number of halogens is 3. The maximum absolute atomic E-state index is 12.6. The van der Waals surface area contributed by atoms with Crippen LogP contribution in [-0.4, -0.2) is 23.6 Å². The summed E-state index contributed by atoms with van der Waals surface area (Å²) in [5.41, 5.74) is 1.38. The van der Waals surface area contributed by atoms with Crippen LogP contribution in [0.5, 0.6) is 0 Å². The van der Waals surface area contributed by atoms with Crippen molar-refractivity contribution in [1.29, 1.82) is 0 Å². The summed E-state index contributed by atoms with van der Waals surface area (Å²) in [5, 5.41) is 16.5. The number of hydrogen-bond donors (Lipinski definition) is 2. The van der Waals surface area contributed by atoms with Crippen LogP contribution in [0.3, 0.4) is 0 Å². The summed E-state index contributed by atoms with van der Waals surface area (Å²) in [6.07, 6.45) is -3.43. The quantitative estimate of drug-likeness (QED) is 0.470. The van der Waals surface area contributed by atoms with Gasteiger partial charge in [0.15, 0.2) is 5.76 Å². The third-order valence-electron chi connectivity index (χ3n) is 2.82. The molecule has 0 atom stereocenters. The lowest BCUT2D eigenvalue weighted by Gasteiger charge is -2.09. The number of carbonyl (C=O) groups is 1. The summed E-state index contributed by atoms with van der Waals surface area (Å²) in [7, 11) is 0. The molecule has 0 fully saturated rings. The summed E-state index contributed by atoms with van der Waals surface area (Å²) in [5.74, 6) is -1.05. The molecular weight excluding hydrogens is 345 g/mol. The summed E-state index contributed by atoms with van der Waals surface area (Å²) in [4.78, 5) is 21.2. The van der Waals surface area contributed by atoms with Crippen molar-refractivity contribution in [3.63, 3.8) is 0 Å². The highest BCUT2D eigenvalue weighted by molar-refractivity contribution is 5.83. The Hall–Kier alpha value is -3.37. The van der Waals surface area contributed by atoms with E-state index in [-0.39, 0.29) is 18.0 Å². The number of carbonyl (C=O) groups excluding carboxylic acids is 1. The normalized spacial score (nSPS) is 11.5. The first kappa shape index (κ1) is 18.0. The molecule has 2 N–H and O–H groups in total. The number of nitrogens with one attached hydrogen (secondary N) is 2. The van der Waals surface area contributed by atoms with Crippen molar-refractivity contribution in [3.05, 3.63) is 57.8 Å². The SMILES string of the molecule is O=C(CNc1cccc(C(F)(F)F)c1)N/N=C\c1ccc([N+](=O)[O-])o1. The zero-order valence-electron chi connectivity index (χ0n) is 12.4. The lowest BCUT2D eigenvalue weighted by Crippen LogP contribution is -2.26. The highest BCUT2D eigenvalue weighted by Crippen LogP contribution is 2.30. The zero-order valence-corrected chi connectivity index (χ0v) is 12.4. The molecule has 1 aromatic carbocycles. The smallest absolute Gasteiger partial charge is 0.400 e. The standard InChI is InChI=1S/C14H11F3N4O4/c15-14(16,17)9-2-1-3-10(6-9)18-8-12(22)20-19-7-11-4-5-13(25-11)21(23)24/h1-7,18H,8H2,(H,20,22)/b19-7-. The number of furan rings is 1. The molecule has 0 unspecified atom stereocenters. The Morgan fingerprint density at radius 1 is 1.32 bits per heavy atom. The Kier molecular flexibility index (Phi) is 5.37. The molecular formula is C14H11F3N4O4. The van der Waals surface area contributed by atoms with Gasteiger partial charge in [0.25, 0.3) is 5.91 Å². The fourth-order valence-corrected chi connectivity index (χ4v) is 1.70. The van der Waals surface area contributed by atoms with E-state index in [9.17, 15) is 28.1 Å². The molecule has 0 aliphatic rings. The van der Waals surface area contributed by atoms with E-state index in [1.165, 1.54) is 18.2 Å². The minimum absolute atomic E-state index is 0.0536. The average molecular weight is 356 g/mol. The summed E-state index contributed by atoms with van der Waals surface area (Å²) < 4.78 is 42.5. The number of benzene rings is 1. The van der Waals surface area contributed by atoms with Gasteiger partial charge >= 0.3 is 12.1 Å². The second-order valence-electron chi connectivity index (χ2n) is 4.66. The predicted molar refractivity (Wildman–Crippen MR) is 81.0 cm³/mol. The van der Waals surface area contributed by atoms with E-state index in [4.69, 9.17) is 4.42 Å². The molecule has 2 aromatic rings. The van der Waals surface area contributed by atoms with E-state index < -0.39 is 28.5 Å². The summed E-state index contributed by atoms with van der Waals surface area (Å²) in [6, 6.07) is 6.79. The van der Waals surface area contributed by atoms with Gasteiger partial charge < -0.3 is 9.73 Å². The van der Waals surface area contributed by atoms with Crippen LogP contribution in [-0.2, 0) is 11.0 Å². The van der Waals surface area contributed by atoms with Gasteiger partial charge in [-0.2, -0.15) is 18.3 Å². The van der Waals surface area contributed by atoms with Crippen molar-refractivity contribution < 1.29 is 27.3 Å². The van der Waals surface area contributed by atoms with Gasteiger partial charge in [-0.15, -0.1) is 0 Å². The Morgan fingerprint density at radius 3 is 2.72 bits per heavy atom. The van der Waals surface area contributed by atoms with E-state index in [0.717, 1.165) is 24.4 Å². The molecule has 2 rings (SSSR count). The second kappa shape index (κ2) is 7.47. The largest absolute Gasteiger partial charge is 0.433 e. The molecule has 0 aliphatic carbocycles. The second-order valence-corrected chi connectivity index (χ2v) is 4.66. The Morgan fingerprint density at radius 2 is 2.08 bits per heavy atom. The van der Waals surface area contributed by atoms with Crippen molar-refractivity contribution in [1.82, 2.24) is 5.43 Å². The van der Waals surface area contributed by atoms with Crippen molar-refractivity contribution >= 4 is 23.7 Å². The van der Waals surface area contributed by atoms with Gasteiger partial charge in [0.2, 0.25) is 0 Å². The lowest BCUT2D eigenvalue weighted by molar-refractivity contribution is -0.402. The van der Waals surface area contributed by atoms with Gasteiger partial charge in [-0.3, -0.25) is 14.9 Å². The molecule has 132 valence electrons. The average Bonchev–Trinajstić information content (AvgIpc) is 3.02. The molecule has 0 saturated carbocycles. The van der Waals surface area contributed by atoms with Crippen molar-refractivity contribution in [2.24, 2.45) is 5.10 Å². The van der Waals surface area contributed by atoms with Gasteiger partial charge in [-0.25, -0.2) is 5.43 Å². The number of amides is 1. The lowest BCUT2D eigenvalue weighted by atomic mass is 10.2. The van der Waals surface area contributed by atoms with Gasteiger partial charge in [0, 0.05) is 5.69 Å². The molecule has 0 radical (unpaired) electrons. The molecule has 1 heterocycles. The molecule has 11 heteroatoms. The highest BCUT2D eigenvalue weighted by atomic mass is 19.4. The molecule has 0 spiro atoms. The molecule has 0 aliphatic heterocycles. The number of rotatable bonds is 6. The van der Waals surface area contributed by atoms with Crippen LogP contribution in [0.2, 0.25) is 0 Å². The third-order valence-corrected chi connectivity index (χ3v) is 2.82. The van der Waals surface area contributed by atoms with E-state index in [1.807, 2.05) is 0 Å². The van der Waals surface area contributed by atoms with E-state index in [1.54, 1.807) is 0 Å².